The number of benzene rings is 2. The van der Waals surface area contributed by atoms with Crippen molar-refractivity contribution >= 4 is 33.2 Å². The fraction of sp³-hybridized carbons (Fsp3) is 0.250. The van der Waals surface area contributed by atoms with Gasteiger partial charge in [0.05, 0.1) is 23.9 Å². The number of aliphatic hydroxyl groups excluding tert-OH is 2. The average molecular weight is 285 g/mol. The maximum absolute atomic E-state index is 9.63. The SMILES string of the molecule is CN(CC(O)CO)c1ccc(N)c2c1[nH]c1ccccc12. The van der Waals surface area contributed by atoms with Gasteiger partial charge in [-0.25, -0.2) is 0 Å². The molecule has 0 fully saturated rings. The molecule has 2 aromatic carbocycles. The van der Waals surface area contributed by atoms with E-state index in [0.717, 1.165) is 33.2 Å². The monoisotopic (exact) mass is 285 g/mol. The minimum atomic E-state index is -0.771. The molecule has 110 valence electrons. The second kappa shape index (κ2) is 5.27. The van der Waals surface area contributed by atoms with Gasteiger partial charge in [0, 0.05) is 35.6 Å². The third kappa shape index (κ3) is 2.30. The third-order valence-corrected chi connectivity index (χ3v) is 3.78. The number of fused-ring (bicyclic) bond motifs is 3. The number of rotatable bonds is 4. The van der Waals surface area contributed by atoms with Crippen LogP contribution in [0.15, 0.2) is 36.4 Å². The second-order valence-corrected chi connectivity index (χ2v) is 5.31. The Bertz CT molecular complexity index is 782. The van der Waals surface area contributed by atoms with Crippen molar-refractivity contribution in [2.75, 3.05) is 30.8 Å². The number of anilines is 2. The summed E-state index contributed by atoms with van der Waals surface area (Å²) in [5.74, 6) is 0. The number of aromatic nitrogens is 1. The first-order valence-corrected chi connectivity index (χ1v) is 6.90. The minimum Gasteiger partial charge on any atom is -0.398 e. The van der Waals surface area contributed by atoms with Crippen molar-refractivity contribution in [3.63, 3.8) is 0 Å². The lowest BCUT2D eigenvalue weighted by Crippen LogP contribution is -2.31. The first-order valence-electron chi connectivity index (χ1n) is 6.90. The number of nitrogen functional groups attached to an aromatic ring is 1. The summed E-state index contributed by atoms with van der Waals surface area (Å²) in [5.41, 5.74) is 9.79. The van der Waals surface area contributed by atoms with Crippen molar-refractivity contribution in [3.05, 3.63) is 36.4 Å². The Morgan fingerprint density at radius 1 is 1.24 bits per heavy atom. The Hall–Kier alpha value is -2.24. The van der Waals surface area contributed by atoms with Crippen LogP contribution >= 0.6 is 0 Å². The van der Waals surface area contributed by atoms with Crippen LogP contribution in [0.1, 0.15) is 0 Å². The van der Waals surface area contributed by atoms with Gasteiger partial charge in [0.25, 0.3) is 0 Å². The van der Waals surface area contributed by atoms with Crippen molar-refractivity contribution in [3.8, 4) is 0 Å². The number of para-hydroxylation sites is 1. The molecular weight excluding hydrogens is 266 g/mol. The van der Waals surface area contributed by atoms with Crippen molar-refractivity contribution in [2.24, 2.45) is 0 Å². The zero-order chi connectivity index (χ0) is 15.0. The molecule has 5 heteroatoms. The molecule has 0 amide bonds. The molecule has 0 saturated heterocycles. The van der Waals surface area contributed by atoms with Gasteiger partial charge in [0.2, 0.25) is 0 Å². The molecule has 3 aromatic rings. The zero-order valence-electron chi connectivity index (χ0n) is 11.9. The van der Waals surface area contributed by atoms with E-state index in [1.54, 1.807) is 0 Å². The molecular formula is C16H19N3O2. The summed E-state index contributed by atoms with van der Waals surface area (Å²) >= 11 is 0. The quantitative estimate of drug-likeness (QED) is 0.550. The summed E-state index contributed by atoms with van der Waals surface area (Å²) in [6.45, 7) is 0.0973. The fourth-order valence-electron chi connectivity index (χ4n) is 2.76. The molecule has 0 aliphatic rings. The average Bonchev–Trinajstić information content (AvgIpc) is 2.87. The van der Waals surface area contributed by atoms with Gasteiger partial charge in [0.15, 0.2) is 0 Å². The molecule has 1 aromatic heterocycles. The van der Waals surface area contributed by atoms with E-state index in [-0.39, 0.29) is 6.61 Å². The van der Waals surface area contributed by atoms with Gasteiger partial charge >= 0.3 is 0 Å². The lowest BCUT2D eigenvalue weighted by atomic mass is 10.1. The predicted molar refractivity (Wildman–Crippen MR) is 86.6 cm³/mol. The molecule has 0 aliphatic carbocycles. The number of hydrogen-bond donors (Lipinski definition) is 4. The van der Waals surface area contributed by atoms with Crippen LogP contribution < -0.4 is 10.6 Å². The first-order chi connectivity index (χ1) is 10.1. The molecule has 0 saturated carbocycles. The number of H-pyrrole nitrogens is 1. The molecule has 3 rings (SSSR count). The second-order valence-electron chi connectivity index (χ2n) is 5.31. The number of aliphatic hydroxyl groups is 2. The molecule has 1 heterocycles. The zero-order valence-corrected chi connectivity index (χ0v) is 11.9. The maximum Gasteiger partial charge on any atom is 0.0945 e. The molecule has 1 unspecified atom stereocenters. The summed E-state index contributed by atoms with van der Waals surface area (Å²) < 4.78 is 0. The number of nitrogens with two attached hydrogens (primary N) is 1. The maximum atomic E-state index is 9.63. The number of nitrogens with zero attached hydrogens (tertiary/aromatic N) is 1. The molecule has 5 N–H and O–H groups in total. The summed E-state index contributed by atoms with van der Waals surface area (Å²) in [7, 11) is 1.88. The van der Waals surface area contributed by atoms with Crippen LogP contribution in [0.5, 0.6) is 0 Å². The Balaban J connectivity index is 2.18. The predicted octanol–water partition coefficient (Wildman–Crippen LogP) is 1.69. The first kappa shape index (κ1) is 13.7. The van der Waals surface area contributed by atoms with Crippen LogP contribution in [0.3, 0.4) is 0 Å². The largest absolute Gasteiger partial charge is 0.398 e. The lowest BCUT2D eigenvalue weighted by Gasteiger charge is -2.22. The van der Waals surface area contributed by atoms with Crippen LogP contribution in [0.2, 0.25) is 0 Å². The Morgan fingerprint density at radius 2 is 2.00 bits per heavy atom. The van der Waals surface area contributed by atoms with Gasteiger partial charge in [-0.15, -0.1) is 0 Å². The molecule has 21 heavy (non-hydrogen) atoms. The van der Waals surface area contributed by atoms with E-state index < -0.39 is 6.10 Å². The van der Waals surface area contributed by atoms with Gasteiger partial charge in [0.1, 0.15) is 0 Å². The Kier molecular flexibility index (Phi) is 3.45. The molecule has 0 spiro atoms. The standard InChI is InChI=1S/C16H19N3O2/c1-19(8-10(21)9-20)14-7-6-12(17)15-11-4-2-3-5-13(11)18-16(14)15/h2-7,10,18,20-21H,8-9,17H2,1H3. The van der Waals surface area contributed by atoms with E-state index in [0.29, 0.717) is 6.54 Å². The molecule has 0 bridgehead atoms. The topological polar surface area (TPSA) is 85.5 Å². The van der Waals surface area contributed by atoms with E-state index in [1.807, 2.05) is 48.3 Å². The highest BCUT2D eigenvalue weighted by atomic mass is 16.3. The highest BCUT2D eigenvalue weighted by Gasteiger charge is 2.15. The van der Waals surface area contributed by atoms with Crippen molar-refractivity contribution in [1.29, 1.82) is 0 Å². The van der Waals surface area contributed by atoms with Gasteiger partial charge in [-0.3, -0.25) is 0 Å². The third-order valence-electron chi connectivity index (χ3n) is 3.78. The minimum absolute atomic E-state index is 0.255. The van der Waals surface area contributed by atoms with Crippen LogP contribution in [-0.4, -0.2) is 41.5 Å². The molecule has 0 aliphatic heterocycles. The van der Waals surface area contributed by atoms with Gasteiger partial charge < -0.3 is 25.8 Å². The van der Waals surface area contributed by atoms with Gasteiger partial charge in [-0.05, 0) is 18.2 Å². The molecule has 1 atom stereocenters. The molecule has 0 radical (unpaired) electrons. The number of hydrogen-bond acceptors (Lipinski definition) is 4. The summed E-state index contributed by atoms with van der Waals surface area (Å²) in [4.78, 5) is 5.31. The summed E-state index contributed by atoms with van der Waals surface area (Å²) in [5, 5.41) is 20.7. The summed E-state index contributed by atoms with van der Waals surface area (Å²) in [6, 6.07) is 11.8. The van der Waals surface area contributed by atoms with Crippen molar-refractivity contribution in [1.82, 2.24) is 4.98 Å². The Morgan fingerprint density at radius 3 is 2.76 bits per heavy atom. The van der Waals surface area contributed by atoms with Crippen molar-refractivity contribution < 1.29 is 10.2 Å². The Labute approximate surface area is 122 Å². The van der Waals surface area contributed by atoms with Gasteiger partial charge in [-0.2, -0.15) is 0 Å². The van der Waals surface area contributed by atoms with E-state index in [1.165, 1.54) is 0 Å². The summed E-state index contributed by atoms with van der Waals surface area (Å²) in [6.07, 6.45) is -0.771. The van der Waals surface area contributed by atoms with Gasteiger partial charge in [-0.1, -0.05) is 18.2 Å². The van der Waals surface area contributed by atoms with E-state index in [2.05, 4.69) is 4.98 Å². The lowest BCUT2D eigenvalue weighted by molar-refractivity contribution is 0.101. The van der Waals surface area contributed by atoms with E-state index in [9.17, 15) is 5.11 Å². The van der Waals surface area contributed by atoms with Crippen LogP contribution in [0, 0.1) is 0 Å². The normalized spacial score (nSPS) is 12.9. The fourth-order valence-corrected chi connectivity index (χ4v) is 2.76. The number of nitrogens with one attached hydrogen (secondary N) is 1. The molecule has 5 nitrogen and oxygen atoms in total. The van der Waals surface area contributed by atoms with E-state index >= 15 is 0 Å². The smallest absolute Gasteiger partial charge is 0.0945 e. The number of likely N-dealkylation sites (N-methyl/N-ethyl adjacent to an activating group) is 1. The van der Waals surface area contributed by atoms with Crippen molar-refractivity contribution in [2.45, 2.75) is 6.10 Å². The highest BCUT2D eigenvalue weighted by molar-refractivity contribution is 6.16. The van der Waals surface area contributed by atoms with Crippen LogP contribution in [0.4, 0.5) is 11.4 Å². The van der Waals surface area contributed by atoms with Crippen LogP contribution in [-0.2, 0) is 0 Å². The number of aromatic amines is 1. The van der Waals surface area contributed by atoms with E-state index in [4.69, 9.17) is 10.8 Å². The van der Waals surface area contributed by atoms with Crippen LogP contribution in [0.25, 0.3) is 21.8 Å². The highest BCUT2D eigenvalue weighted by Crippen LogP contribution is 2.35.